The second-order valence-electron chi connectivity index (χ2n) is 10.3. The zero-order chi connectivity index (χ0) is 22.6. The van der Waals surface area contributed by atoms with E-state index in [-0.39, 0.29) is 17.0 Å². The Morgan fingerprint density at radius 2 is 1.71 bits per heavy atom. The van der Waals surface area contributed by atoms with Crippen molar-refractivity contribution in [1.29, 1.82) is 0 Å². The van der Waals surface area contributed by atoms with Gasteiger partial charge in [-0.15, -0.1) is 0 Å². The van der Waals surface area contributed by atoms with E-state index in [0.717, 1.165) is 42.4 Å². The molecule has 3 rings (SSSR count). The van der Waals surface area contributed by atoms with Crippen LogP contribution in [0.25, 0.3) is 11.4 Å². The Morgan fingerprint density at radius 3 is 2.29 bits per heavy atom. The number of hydrogen-bond donors (Lipinski definition) is 2. The molecule has 1 aromatic heterocycles. The SMILES string of the molecule is CCCCCCc1cnc(-c2ccc(C(=O)O)c(C3CC(C)(C)NC(C)(C)C3)c2)nc1. The maximum absolute atomic E-state index is 12.0. The molecule has 0 saturated carbocycles. The molecule has 0 unspecified atom stereocenters. The minimum atomic E-state index is -0.876. The first-order valence-electron chi connectivity index (χ1n) is 11.6. The number of aromatic nitrogens is 2. The highest BCUT2D eigenvalue weighted by Crippen LogP contribution is 2.41. The molecule has 0 aliphatic carbocycles. The summed E-state index contributed by atoms with van der Waals surface area (Å²) in [6, 6.07) is 5.56. The lowest BCUT2D eigenvalue weighted by Gasteiger charge is -2.47. The summed E-state index contributed by atoms with van der Waals surface area (Å²) in [7, 11) is 0. The average Bonchev–Trinajstić information content (AvgIpc) is 2.69. The molecule has 5 nitrogen and oxygen atoms in total. The third-order valence-electron chi connectivity index (χ3n) is 6.19. The van der Waals surface area contributed by atoms with E-state index in [9.17, 15) is 9.90 Å². The fourth-order valence-corrected chi connectivity index (χ4v) is 5.17. The van der Waals surface area contributed by atoms with E-state index in [0.29, 0.717) is 11.4 Å². The molecule has 0 bridgehead atoms. The first-order valence-corrected chi connectivity index (χ1v) is 11.6. The molecule has 31 heavy (non-hydrogen) atoms. The summed E-state index contributed by atoms with van der Waals surface area (Å²) in [6.07, 6.45) is 11.5. The van der Waals surface area contributed by atoms with Gasteiger partial charge in [0.25, 0.3) is 0 Å². The van der Waals surface area contributed by atoms with Gasteiger partial charge in [0, 0.05) is 29.0 Å². The van der Waals surface area contributed by atoms with Gasteiger partial charge in [0.05, 0.1) is 5.56 Å². The van der Waals surface area contributed by atoms with Crippen molar-refractivity contribution in [3.8, 4) is 11.4 Å². The molecular formula is C26H37N3O2. The molecule has 5 heteroatoms. The van der Waals surface area contributed by atoms with Crippen LogP contribution in [0.4, 0.5) is 0 Å². The topological polar surface area (TPSA) is 75.1 Å². The highest BCUT2D eigenvalue weighted by Gasteiger charge is 2.39. The summed E-state index contributed by atoms with van der Waals surface area (Å²) in [5.74, 6) is -0.0582. The van der Waals surface area contributed by atoms with Gasteiger partial charge in [-0.3, -0.25) is 0 Å². The van der Waals surface area contributed by atoms with Crippen molar-refractivity contribution in [3.05, 3.63) is 47.3 Å². The van der Waals surface area contributed by atoms with E-state index in [4.69, 9.17) is 0 Å². The zero-order valence-corrected chi connectivity index (χ0v) is 19.7. The molecule has 0 spiro atoms. The van der Waals surface area contributed by atoms with Crippen LogP contribution >= 0.6 is 0 Å². The molecule has 2 heterocycles. The molecule has 168 valence electrons. The smallest absolute Gasteiger partial charge is 0.335 e. The number of carboxylic acids is 1. The molecule has 0 radical (unpaired) electrons. The number of carboxylic acid groups (broad SMARTS) is 1. The lowest BCUT2D eigenvalue weighted by Crippen LogP contribution is -2.57. The number of hydrogen-bond acceptors (Lipinski definition) is 4. The summed E-state index contributed by atoms with van der Waals surface area (Å²) < 4.78 is 0. The summed E-state index contributed by atoms with van der Waals surface area (Å²) in [4.78, 5) is 21.2. The van der Waals surface area contributed by atoms with Crippen molar-refractivity contribution in [3.63, 3.8) is 0 Å². The quantitative estimate of drug-likeness (QED) is 0.510. The predicted octanol–water partition coefficient (Wildman–Crippen LogP) is 5.99. The van der Waals surface area contributed by atoms with Gasteiger partial charge < -0.3 is 10.4 Å². The Morgan fingerprint density at radius 1 is 1.06 bits per heavy atom. The number of aryl methyl sites for hydroxylation is 1. The van der Waals surface area contributed by atoms with Gasteiger partial charge in [0.15, 0.2) is 5.82 Å². The molecule has 1 aliphatic rings. The van der Waals surface area contributed by atoms with Gasteiger partial charge in [0.1, 0.15) is 0 Å². The maximum atomic E-state index is 12.0. The lowest BCUT2D eigenvalue weighted by atomic mass is 9.72. The van der Waals surface area contributed by atoms with E-state index in [2.05, 4.69) is 49.9 Å². The summed E-state index contributed by atoms with van der Waals surface area (Å²) in [6.45, 7) is 11.0. The molecule has 2 aromatic rings. The monoisotopic (exact) mass is 423 g/mol. The van der Waals surface area contributed by atoms with Crippen LogP contribution in [0.3, 0.4) is 0 Å². The number of rotatable bonds is 8. The van der Waals surface area contributed by atoms with E-state index in [1.54, 1.807) is 6.07 Å². The highest BCUT2D eigenvalue weighted by atomic mass is 16.4. The van der Waals surface area contributed by atoms with Crippen molar-refractivity contribution in [2.45, 2.75) is 96.6 Å². The number of nitrogens with zero attached hydrogens (tertiary/aromatic N) is 2. The Balaban J connectivity index is 1.87. The minimum Gasteiger partial charge on any atom is -0.478 e. The largest absolute Gasteiger partial charge is 0.478 e. The Labute approximate surface area is 186 Å². The third kappa shape index (κ3) is 6.13. The predicted molar refractivity (Wildman–Crippen MR) is 126 cm³/mol. The van der Waals surface area contributed by atoms with Gasteiger partial charge in [-0.1, -0.05) is 32.3 Å². The molecular weight excluding hydrogens is 386 g/mol. The number of carbonyl (C=O) groups is 1. The molecule has 1 aliphatic heterocycles. The standard InChI is InChI=1S/C26H37N3O2/c1-6-7-8-9-10-18-16-27-23(28-17-18)19-11-12-21(24(30)31)22(13-19)20-14-25(2,3)29-26(4,5)15-20/h11-13,16-17,20,29H,6-10,14-15H2,1-5H3,(H,30,31). The zero-order valence-electron chi connectivity index (χ0n) is 19.7. The van der Waals surface area contributed by atoms with Gasteiger partial charge in [-0.2, -0.15) is 0 Å². The number of benzene rings is 1. The maximum Gasteiger partial charge on any atom is 0.335 e. The summed E-state index contributed by atoms with van der Waals surface area (Å²) in [5.41, 5.74) is 3.19. The van der Waals surface area contributed by atoms with Crippen LogP contribution in [0.15, 0.2) is 30.6 Å². The van der Waals surface area contributed by atoms with Crippen LogP contribution in [0.5, 0.6) is 0 Å². The van der Waals surface area contributed by atoms with Crippen LogP contribution in [-0.4, -0.2) is 32.1 Å². The fraction of sp³-hybridized carbons (Fsp3) is 0.577. The van der Waals surface area contributed by atoms with Crippen LogP contribution < -0.4 is 5.32 Å². The van der Waals surface area contributed by atoms with Gasteiger partial charge in [-0.05, 0) is 82.6 Å². The van der Waals surface area contributed by atoms with Gasteiger partial charge in [0.2, 0.25) is 0 Å². The van der Waals surface area contributed by atoms with Crippen LogP contribution in [-0.2, 0) is 6.42 Å². The number of unbranched alkanes of at least 4 members (excludes halogenated alkanes) is 3. The summed E-state index contributed by atoms with van der Waals surface area (Å²) >= 11 is 0. The summed E-state index contributed by atoms with van der Waals surface area (Å²) in [5, 5.41) is 13.5. The molecule has 1 aromatic carbocycles. The minimum absolute atomic E-state index is 0.0614. The molecule has 1 fully saturated rings. The first-order chi connectivity index (χ1) is 14.6. The second-order valence-corrected chi connectivity index (χ2v) is 10.3. The van der Waals surface area contributed by atoms with E-state index < -0.39 is 5.97 Å². The molecule has 0 atom stereocenters. The molecule has 0 amide bonds. The number of nitrogens with one attached hydrogen (secondary N) is 1. The van der Waals surface area contributed by atoms with E-state index in [1.165, 1.54) is 19.3 Å². The van der Waals surface area contributed by atoms with Crippen LogP contribution in [0, 0.1) is 0 Å². The Bertz CT molecular complexity index is 887. The normalized spacial score (nSPS) is 18.1. The van der Waals surface area contributed by atoms with Crippen molar-refractivity contribution >= 4 is 5.97 Å². The number of aromatic carboxylic acids is 1. The van der Waals surface area contributed by atoms with Gasteiger partial charge >= 0.3 is 5.97 Å². The van der Waals surface area contributed by atoms with E-state index >= 15 is 0 Å². The lowest BCUT2D eigenvalue weighted by molar-refractivity contribution is 0.0692. The second kappa shape index (κ2) is 9.47. The van der Waals surface area contributed by atoms with Crippen molar-refractivity contribution in [2.24, 2.45) is 0 Å². The van der Waals surface area contributed by atoms with Crippen LogP contribution in [0.2, 0.25) is 0 Å². The first kappa shape index (κ1) is 23.4. The Hall–Kier alpha value is -2.27. The van der Waals surface area contributed by atoms with Crippen molar-refractivity contribution in [1.82, 2.24) is 15.3 Å². The molecule has 1 saturated heterocycles. The Kier molecular flexibility index (Phi) is 7.15. The number of piperidine rings is 1. The van der Waals surface area contributed by atoms with Gasteiger partial charge in [-0.25, -0.2) is 14.8 Å². The fourth-order valence-electron chi connectivity index (χ4n) is 5.17. The molecule has 2 N–H and O–H groups in total. The highest BCUT2D eigenvalue weighted by molar-refractivity contribution is 5.90. The van der Waals surface area contributed by atoms with Crippen molar-refractivity contribution < 1.29 is 9.90 Å². The van der Waals surface area contributed by atoms with Crippen molar-refractivity contribution in [2.75, 3.05) is 0 Å². The van der Waals surface area contributed by atoms with Crippen LogP contribution in [0.1, 0.15) is 101 Å². The van der Waals surface area contributed by atoms with E-state index in [1.807, 2.05) is 24.5 Å². The third-order valence-corrected chi connectivity index (χ3v) is 6.19. The average molecular weight is 424 g/mol.